The number of nitrogens with zero attached hydrogens (tertiary/aromatic N) is 1. The molecule has 1 atom stereocenters. The van der Waals surface area contributed by atoms with Gasteiger partial charge in [-0.15, -0.1) is 0 Å². The third-order valence-corrected chi connectivity index (χ3v) is 6.36. The Hall–Kier alpha value is -4.17. The maximum Gasteiger partial charge on any atom is 0.295 e. The highest BCUT2D eigenvalue weighted by molar-refractivity contribution is 6.46. The standard InChI is InChI=1S/C28H26ClNO7/c1-4-37-23-13-17(9-11-21(23)31)25-24(26(32)18-8-10-20(29)22(14-18)36-3)27(33)28(34)30(25)15-16-6-5-7-19(12-16)35-2/h5-14,25,31-32H,4,15H2,1-3H3/b26-24-. The number of phenols is 1. The molecule has 192 valence electrons. The van der Waals surface area contributed by atoms with Crippen LogP contribution in [0.3, 0.4) is 0 Å². The zero-order chi connectivity index (χ0) is 26.7. The Kier molecular flexibility index (Phi) is 7.59. The fourth-order valence-corrected chi connectivity index (χ4v) is 4.49. The van der Waals surface area contributed by atoms with Crippen LogP contribution in [0.4, 0.5) is 0 Å². The highest BCUT2D eigenvalue weighted by atomic mass is 35.5. The van der Waals surface area contributed by atoms with E-state index in [1.54, 1.807) is 37.3 Å². The van der Waals surface area contributed by atoms with Gasteiger partial charge in [-0.05, 0) is 60.5 Å². The zero-order valence-electron chi connectivity index (χ0n) is 20.5. The molecule has 8 nitrogen and oxygen atoms in total. The van der Waals surface area contributed by atoms with E-state index >= 15 is 0 Å². The van der Waals surface area contributed by atoms with Crippen molar-refractivity contribution in [1.29, 1.82) is 0 Å². The first-order valence-corrected chi connectivity index (χ1v) is 11.9. The number of benzene rings is 3. The number of carbonyl (C=O) groups excluding carboxylic acids is 2. The SMILES string of the molecule is CCOc1cc(C2/C(=C(/O)c3ccc(Cl)c(OC)c3)C(=O)C(=O)N2Cc2cccc(OC)c2)ccc1O. The first-order valence-electron chi connectivity index (χ1n) is 11.5. The molecule has 1 aliphatic heterocycles. The molecule has 1 fully saturated rings. The molecule has 1 saturated heterocycles. The van der Waals surface area contributed by atoms with Crippen LogP contribution >= 0.6 is 11.6 Å². The Morgan fingerprint density at radius 1 is 1.00 bits per heavy atom. The lowest BCUT2D eigenvalue weighted by Gasteiger charge is -2.26. The van der Waals surface area contributed by atoms with E-state index in [1.807, 2.05) is 6.07 Å². The number of Topliss-reactive ketones (excluding diaryl/α,β-unsaturated/α-hetero) is 1. The van der Waals surface area contributed by atoms with Crippen LogP contribution in [0.25, 0.3) is 5.76 Å². The number of halogens is 1. The third-order valence-electron chi connectivity index (χ3n) is 6.05. The summed E-state index contributed by atoms with van der Waals surface area (Å²) in [7, 11) is 2.97. The summed E-state index contributed by atoms with van der Waals surface area (Å²) in [5, 5.41) is 21.9. The average Bonchev–Trinajstić information content (AvgIpc) is 3.15. The summed E-state index contributed by atoms with van der Waals surface area (Å²) in [5.74, 6) is -0.986. The van der Waals surface area contributed by atoms with Crippen molar-refractivity contribution < 1.29 is 34.0 Å². The Balaban J connectivity index is 1.89. The monoisotopic (exact) mass is 523 g/mol. The largest absolute Gasteiger partial charge is 0.507 e. The molecular weight excluding hydrogens is 498 g/mol. The minimum atomic E-state index is -0.965. The van der Waals surface area contributed by atoms with Gasteiger partial charge in [-0.2, -0.15) is 0 Å². The minimum absolute atomic E-state index is 0.0675. The molecule has 9 heteroatoms. The summed E-state index contributed by atoms with van der Waals surface area (Å²) in [6, 6.07) is 15.3. The van der Waals surface area contributed by atoms with Crippen molar-refractivity contribution in [2.24, 2.45) is 0 Å². The number of hydrogen-bond donors (Lipinski definition) is 2. The van der Waals surface area contributed by atoms with Gasteiger partial charge in [0, 0.05) is 12.1 Å². The molecule has 0 saturated carbocycles. The van der Waals surface area contributed by atoms with Crippen molar-refractivity contribution >= 4 is 29.1 Å². The second-order valence-corrected chi connectivity index (χ2v) is 8.70. The van der Waals surface area contributed by atoms with Crippen molar-refractivity contribution in [2.45, 2.75) is 19.5 Å². The molecule has 37 heavy (non-hydrogen) atoms. The van der Waals surface area contributed by atoms with E-state index < -0.39 is 17.7 Å². The van der Waals surface area contributed by atoms with Crippen LogP contribution in [0, 0.1) is 0 Å². The van der Waals surface area contributed by atoms with Gasteiger partial charge in [-0.3, -0.25) is 9.59 Å². The lowest BCUT2D eigenvalue weighted by molar-refractivity contribution is -0.140. The summed E-state index contributed by atoms with van der Waals surface area (Å²) in [5.41, 5.74) is 1.36. The Labute approximate surface area is 219 Å². The second-order valence-electron chi connectivity index (χ2n) is 8.29. The highest BCUT2D eigenvalue weighted by Crippen LogP contribution is 2.43. The number of aromatic hydroxyl groups is 1. The quantitative estimate of drug-likeness (QED) is 0.241. The Morgan fingerprint density at radius 2 is 1.78 bits per heavy atom. The van der Waals surface area contributed by atoms with E-state index in [9.17, 15) is 19.8 Å². The predicted molar refractivity (Wildman–Crippen MR) is 138 cm³/mol. The second kappa shape index (κ2) is 10.8. The van der Waals surface area contributed by atoms with E-state index in [0.717, 1.165) is 5.56 Å². The first kappa shape index (κ1) is 25.9. The number of phenolic OH excluding ortho intramolecular Hbond substituents is 1. The van der Waals surface area contributed by atoms with Gasteiger partial charge in [0.2, 0.25) is 0 Å². The van der Waals surface area contributed by atoms with Crippen molar-refractivity contribution in [3.63, 3.8) is 0 Å². The number of methoxy groups -OCH3 is 2. The van der Waals surface area contributed by atoms with E-state index in [-0.39, 0.29) is 34.9 Å². The van der Waals surface area contributed by atoms with Crippen LogP contribution < -0.4 is 14.2 Å². The van der Waals surface area contributed by atoms with Gasteiger partial charge in [-0.25, -0.2) is 0 Å². The number of aliphatic hydroxyl groups excluding tert-OH is 1. The van der Waals surface area contributed by atoms with Crippen molar-refractivity contribution in [1.82, 2.24) is 4.90 Å². The number of aliphatic hydroxyl groups is 1. The van der Waals surface area contributed by atoms with Crippen LogP contribution in [0.15, 0.2) is 66.2 Å². The van der Waals surface area contributed by atoms with Crippen LogP contribution in [0.5, 0.6) is 23.0 Å². The lowest BCUT2D eigenvalue weighted by atomic mass is 9.94. The van der Waals surface area contributed by atoms with Crippen molar-refractivity contribution in [3.8, 4) is 23.0 Å². The smallest absolute Gasteiger partial charge is 0.295 e. The molecule has 3 aromatic rings. The number of carbonyl (C=O) groups is 2. The van der Waals surface area contributed by atoms with Crippen LogP contribution in [0.1, 0.15) is 29.7 Å². The van der Waals surface area contributed by atoms with Gasteiger partial charge in [0.25, 0.3) is 11.7 Å². The van der Waals surface area contributed by atoms with Crippen LogP contribution in [0.2, 0.25) is 5.02 Å². The number of ether oxygens (including phenoxy) is 3. The number of ketones is 1. The topological polar surface area (TPSA) is 106 Å². The number of hydrogen-bond acceptors (Lipinski definition) is 7. The molecule has 0 radical (unpaired) electrons. The number of likely N-dealkylation sites (tertiary alicyclic amines) is 1. The molecule has 0 aromatic heterocycles. The molecular formula is C28H26ClNO7. The van der Waals surface area contributed by atoms with Gasteiger partial charge < -0.3 is 29.3 Å². The van der Waals surface area contributed by atoms with E-state index in [1.165, 1.54) is 43.4 Å². The van der Waals surface area contributed by atoms with Crippen LogP contribution in [-0.2, 0) is 16.1 Å². The third kappa shape index (κ3) is 5.06. The summed E-state index contributed by atoms with van der Waals surface area (Å²) < 4.78 is 16.1. The highest BCUT2D eigenvalue weighted by Gasteiger charge is 2.46. The molecule has 1 unspecified atom stereocenters. The van der Waals surface area contributed by atoms with Crippen molar-refractivity contribution in [2.75, 3.05) is 20.8 Å². The summed E-state index contributed by atoms with van der Waals surface area (Å²) >= 11 is 6.14. The fourth-order valence-electron chi connectivity index (χ4n) is 4.29. The van der Waals surface area contributed by atoms with E-state index in [2.05, 4.69) is 0 Å². The molecule has 0 spiro atoms. The molecule has 1 heterocycles. The fraction of sp³-hybridized carbons (Fsp3) is 0.214. The number of amides is 1. The summed E-state index contributed by atoms with van der Waals surface area (Å²) in [6.07, 6.45) is 0. The van der Waals surface area contributed by atoms with E-state index in [0.29, 0.717) is 28.7 Å². The normalized spacial score (nSPS) is 16.6. The first-order chi connectivity index (χ1) is 17.8. The van der Waals surface area contributed by atoms with Gasteiger partial charge in [0.15, 0.2) is 11.5 Å². The molecule has 1 amide bonds. The molecule has 4 rings (SSSR count). The van der Waals surface area contributed by atoms with E-state index in [4.69, 9.17) is 25.8 Å². The predicted octanol–water partition coefficient (Wildman–Crippen LogP) is 5.08. The zero-order valence-corrected chi connectivity index (χ0v) is 21.3. The molecule has 3 aromatic carbocycles. The van der Waals surface area contributed by atoms with Crippen LogP contribution in [-0.4, -0.2) is 47.6 Å². The Morgan fingerprint density at radius 3 is 2.49 bits per heavy atom. The number of rotatable bonds is 8. The van der Waals surface area contributed by atoms with Gasteiger partial charge in [0.1, 0.15) is 17.3 Å². The van der Waals surface area contributed by atoms with Gasteiger partial charge in [-0.1, -0.05) is 29.8 Å². The van der Waals surface area contributed by atoms with Crippen molar-refractivity contribution in [3.05, 3.63) is 87.9 Å². The maximum absolute atomic E-state index is 13.4. The van der Waals surface area contributed by atoms with Gasteiger partial charge in [0.05, 0.1) is 37.5 Å². The maximum atomic E-state index is 13.4. The lowest BCUT2D eigenvalue weighted by Crippen LogP contribution is -2.29. The molecule has 0 bridgehead atoms. The Bertz CT molecular complexity index is 1380. The summed E-state index contributed by atoms with van der Waals surface area (Å²) in [6.45, 7) is 2.14. The molecule has 2 N–H and O–H groups in total. The summed E-state index contributed by atoms with van der Waals surface area (Å²) in [4.78, 5) is 28.1. The minimum Gasteiger partial charge on any atom is -0.507 e. The molecule has 0 aliphatic carbocycles. The van der Waals surface area contributed by atoms with Gasteiger partial charge >= 0.3 is 0 Å². The molecule has 1 aliphatic rings. The average molecular weight is 524 g/mol.